The minimum absolute atomic E-state index is 0.219. The van der Waals surface area contributed by atoms with E-state index in [1.54, 1.807) is 0 Å². The smallest absolute Gasteiger partial charge is 0.231 e. The van der Waals surface area contributed by atoms with Crippen LogP contribution in [0.3, 0.4) is 0 Å². The minimum Gasteiger partial charge on any atom is -0.454 e. The number of nitrogens with one attached hydrogen (secondary N) is 2. The molecule has 17 heavy (non-hydrogen) atoms. The summed E-state index contributed by atoms with van der Waals surface area (Å²) in [6, 6.07) is 6.13. The van der Waals surface area contributed by atoms with Gasteiger partial charge in [-0.05, 0) is 37.6 Å². The molecule has 2 N–H and O–H groups in total. The molecule has 0 spiro atoms. The van der Waals surface area contributed by atoms with Crippen LogP contribution in [0.25, 0.3) is 0 Å². The number of fused-ring (bicyclic) bond motifs is 1. The lowest BCUT2D eigenvalue weighted by Crippen LogP contribution is -2.43. The highest BCUT2D eigenvalue weighted by molar-refractivity contribution is 5.44. The highest BCUT2D eigenvalue weighted by Gasteiger charge is 2.27. The fourth-order valence-electron chi connectivity index (χ4n) is 2.33. The van der Waals surface area contributed by atoms with E-state index in [0.717, 1.165) is 31.1 Å². The summed E-state index contributed by atoms with van der Waals surface area (Å²) in [4.78, 5) is 0. The van der Waals surface area contributed by atoms with Crippen LogP contribution in [-0.4, -0.2) is 25.4 Å². The van der Waals surface area contributed by atoms with E-state index in [2.05, 4.69) is 29.7 Å². The van der Waals surface area contributed by atoms with E-state index < -0.39 is 0 Å². The lowest BCUT2D eigenvalue weighted by atomic mass is 10.0. The topological polar surface area (TPSA) is 42.5 Å². The predicted octanol–water partition coefficient (Wildman–Crippen LogP) is 1.26. The van der Waals surface area contributed by atoms with Crippen molar-refractivity contribution in [1.82, 2.24) is 10.6 Å². The van der Waals surface area contributed by atoms with Gasteiger partial charge in [-0.2, -0.15) is 0 Å². The van der Waals surface area contributed by atoms with Gasteiger partial charge in [-0.3, -0.25) is 0 Å². The first-order valence-electron chi connectivity index (χ1n) is 6.09. The van der Waals surface area contributed by atoms with Crippen molar-refractivity contribution in [2.75, 3.05) is 19.9 Å². The van der Waals surface area contributed by atoms with Gasteiger partial charge in [0.2, 0.25) is 6.79 Å². The largest absolute Gasteiger partial charge is 0.454 e. The van der Waals surface area contributed by atoms with Gasteiger partial charge >= 0.3 is 0 Å². The average Bonchev–Trinajstić information content (AvgIpc) is 2.95. The van der Waals surface area contributed by atoms with Crippen molar-refractivity contribution in [3.63, 3.8) is 0 Å². The number of rotatable bonds is 3. The van der Waals surface area contributed by atoms with E-state index >= 15 is 0 Å². The molecule has 4 heteroatoms. The third-order valence-corrected chi connectivity index (χ3v) is 3.52. The molecule has 0 aliphatic carbocycles. The van der Waals surface area contributed by atoms with E-state index in [9.17, 15) is 0 Å². The van der Waals surface area contributed by atoms with Gasteiger partial charge in [-0.15, -0.1) is 0 Å². The lowest BCUT2D eigenvalue weighted by molar-refractivity contribution is 0.174. The molecule has 1 fully saturated rings. The Labute approximate surface area is 101 Å². The molecule has 0 radical (unpaired) electrons. The summed E-state index contributed by atoms with van der Waals surface area (Å²) < 4.78 is 10.7. The molecule has 0 aromatic heterocycles. The second kappa shape index (κ2) is 4.20. The zero-order valence-corrected chi connectivity index (χ0v) is 10.1. The normalized spacial score (nSPS) is 26.4. The van der Waals surface area contributed by atoms with Gasteiger partial charge in [0.15, 0.2) is 11.5 Å². The van der Waals surface area contributed by atoms with E-state index in [4.69, 9.17) is 9.47 Å². The van der Waals surface area contributed by atoms with Crippen molar-refractivity contribution in [3.8, 4) is 11.5 Å². The molecular formula is C13H18N2O2. The van der Waals surface area contributed by atoms with Crippen molar-refractivity contribution >= 4 is 0 Å². The third-order valence-electron chi connectivity index (χ3n) is 3.52. The van der Waals surface area contributed by atoms with Gasteiger partial charge in [-0.25, -0.2) is 0 Å². The maximum atomic E-state index is 5.37. The molecular weight excluding hydrogens is 216 g/mol. The van der Waals surface area contributed by atoms with E-state index in [1.165, 1.54) is 12.0 Å². The van der Waals surface area contributed by atoms with Crippen LogP contribution in [0.4, 0.5) is 0 Å². The first-order chi connectivity index (χ1) is 8.25. The monoisotopic (exact) mass is 234 g/mol. The van der Waals surface area contributed by atoms with Gasteiger partial charge in [0, 0.05) is 18.6 Å². The van der Waals surface area contributed by atoms with Gasteiger partial charge in [0.1, 0.15) is 0 Å². The summed E-state index contributed by atoms with van der Waals surface area (Å²) in [5.74, 6) is 1.71. The van der Waals surface area contributed by atoms with E-state index in [-0.39, 0.29) is 5.54 Å². The third kappa shape index (κ3) is 2.23. The molecule has 0 amide bonds. The van der Waals surface area contributed by atoms with Crippen LogP contribution >= 0.6 is 0 Å². The van der Waals surface area contributed by atoms with Crippen molar-refractivity contribution in [2.45, 2.75) is 25.4 Å². The Morgan fingerprint density at radius 2 is 2.24 bits per heavy atom. The number of ether oxygens (including phenoxy) is 2. The van der Waals surface area contributed by atoms with Crippen LogP contribution in [0.5, 0.6) is 11.5 Å². The fraction of sp³-hybridized carbons (Fsp3) is 0.538. The zero-order chi connectivity index (χ0) is 11.7. The maximum Gasteiger partial charge on any atom is 0.231 e. The summed E-state index contributed by atoms with van der Waals surface area (Å²) in [5, 5.41) is 6.99. The van der Waals surface area contributed by atoms with Crippen LogP contribution in [0.1, 0.15) is 18.9 Å². The number of hydrogen-bond acceptors (Lipinski definition) is 4. The van der Waals surface area contributed by atoms with Gasteiger partial charge in [0.05, 0.1) is 0 Å². The Kier molecular flexibility index (Phi) is 2.68. The van der Waals surface area contributed by atoms with Crippen LogP contribution in [0, 0.1) is 0 Å². The molecule has 1 aromatic carbocycles. The highest BCUT2D eigenvalue weighted by Crippen LogP contribution is 2.32. The van der Waals surface area contributed by atoms with Crippen molar-refractivity contribution < 1.29 is 9.47 Å². The summed E-state index contributed by atoms with van der Waals surface area (Å²) >= 11 is 0. The Morgan fingerprint density at radius 1 is 1.35 bits per heavy atom. The summed E-state index contributed by atoms with van der Waals surface area (Å²) in [7, 11) is 0. The van der Waals surface area contributed by atoms with Crippen LogP contribution in [0.2, 0.25) is 0 Å². The Morgan fingerprint density at radius 3 is 3.06 bits per heavy atom. The molecule has 1 unspecified atom stereocenters. The second-order valence-electron chi connectivity index (χ2n) is 5.03. The predicted molar refractivity (Wildman–Crippen MR) is 65.3 cm³/mol. The van der Waals surface area contributed by atoms with Gasteiger partial charge < -0.3 is 20.1 Å². The molecule has 2 heterocycles. The zero-order valence-electron chi connectivity index (χ0n) is 10.1. The Hall–Kier alpha value is -1.26. The molecule has 1 saturated heterocycles. The first kappa shape index (κ1) is 10.9. The highest BCUT2D eigenvalue weighted by atomic mass is 16.7. The summed E-state index contributed by atoms with van der Waals surface area (Å²) in [6.07, 6.45) is 1.18. The summed E-state index contributed by atoms with van der Waals surface area (Å²) in [5.41, 5.74) is 1.46. The van der Waals surface area contributed by atoms with Crippen LogP contribution in [-0.2, 0) is 6.54 Å². The van der Waals surface area contributed by atoms with Crippen molar-refractivity contribution in [3.05, 3.63) is 23.8 Å². The van der Waals surface area contributed by atoms with E-state index in [0.29, 0.717) is 6.79 Å². The molecule has 1 aromatic rings. The van der Waals surface area contributed by atoms with Crippen molar-refractivity contribution in [2.24, 2.45) is 0 Å². The molecule has 2 aliphatic rings. The maximum absolute atomic E-state index is 5.37. The molecule has 0 saturated carbocycles. The quantitative estimate of drug-likeness (QED) is 0.826. The molecule has 92 valence electrons. The molecule has 4 nitrogen and oxygen atoms in total. The molecule has 2 aliphatic heterocycles. The van der Waals surface area contributed by atoms with E-state index in [1.807, 2.05) is 6.07 Å². The fourth-order valence-corrected chi connectivity index (χ4v) is 2.33. The second-order valence-corrected chi connectivity index (χ2v) is 5.03. The molecule has 1 atom stereocenters. The molecule has 0 bridgehead atoms. The number of hydrogen-bond donors (Lipinski definition) is 2. The van der Waals surface area contributed by atoms with Crippen molar-refractivity contribution in [1.29, 1.82) is 0 Å². The Balaban J connectivity index is 1.65. The van der Waals surface area contributed by atoms with Gasteiger partial charge in [-0.1, -0.05) is 6.07 Å². The molecule has 3 rings (SSSR count). The number of benzene rings is 1. The van der Waals surface area contributed by atoms with Crippen LogP contribution < -0.4 is 20.1 Å². The SMILES string of the molecule is CC1(NCc2ccc3c(c2)OCO3)CCNC1. The first-order valence-corrected chi connectivity index (χ1v) is 6.09. The van der Waals surface area contributed by atoms with Crippen LogP contribution in [0.15, 0.2) is 18.2 Å². The minimum atomic E-state index is 0.219. The standard InChI is InChI=1S/C13H18N2O2/c1-13(4-5-14-8-13)15-7-10-2-3-11-12(6-10)17-9-16-11/h2-3,6,14-15H,4-5,7-9H2,1H3. The summed E-state index contributed by atoms with van der Waals surface area (Å²) in [6.45, 7) is 5.62. The Bertz CT molecular complexity index is 414. The van der Waals surface area contributed by atoms with Gasteiger partial charge in [0.25, 0.3) is 0 Å². The average molecular weight is 234 g/mol. The lowest BCUT2D eigenvalue weighted by Gasteiger charge is -2.24.